The molecule has 0 atom stereocenters. The molecular weight excluding hydrogens is 240 g/mol. The number of hydrogen-bond donors (Lipinski definition) is 1. The van der Waals surface area contributed by atoms with E-state index in [0.717, 1.165) is 16.9 Å². The van der Waals surface area contributed by atoms with Gasteiger partial charge in [-0.05, 0) is 18.9 Å². The maximum atomic E-state index is 11.9. The number of carbonyl (C=O) groups is 1. The molecule has 0 radical (unpaired) electrons. The van der Waals surface area contributed by atoms with Crippen LogP contribution in [0.1, 0.15) is 25.0 Å². The van der Waals surface area contributed by atoms with E-state index in [9.17, 15) is 4.79 Å². The number of rotatable bonds is 6. The van der Waals surface area contributed by atoms with Crippen molar-refractivity contribution in [2.24, 2.45) is 11.7 Å². The molecule has 1 rings (SSSR count). The number of aryl methyl sites for hydroxylation is 1. The summed E-state index contributed by atoms with van der Waals surface area (Å²) in [6, 6.07) is 5.99. The largest absolute Gasteiger partial charge is 0.496 e. The third kappa shape index (κ3) is 4.56. The lowest BCUT2D eigenvalue weighted by Gasteiger charge is -2.25. The third-order valence-electron chi connectivity index (χ3n) is 2.91. The molecule has 1 amide bonds. The summed E-state index contributed by atoms with van der Waals surface area (Å²) in [5.74, 6) is 1.19. The lowest BCUT2D eigenvalue weighted by molar-refractivity contribution is -0.130. The number of methoxy groups -OCH3 is 1. The van der Waals surface area contributed by atoms with E-state index in [1.807, 2.05) is 19.1 Å². The van der Waals surface area contributed by atoms with Gasteiger partial charge in [-0.3, -0.25) is 4.79 Å². The SMILES string of the molecule is COc1ccc(C)cc1CN(CC(C)C)C(=O)CN. The molecule has 19 heavy (non-hydrogen) atoms. The van der Waals surface area contributed by atoms with Gasteiger partial charge >= 0.3 is 0 Å². The smallest absolute Gasteiger partial charge is 0.236 e. The second-order valence-electron chi connectivity index (χ2n) is 5.19. The minimum Gasteiger partial charge on any atom is -0.496 e. The van der Waals surface area contributed by atoms with E-state index in [1.165, 1.54) is 0 Å². The highest BCUT2D eigenvalue weighted by Crippen LogP contribution is 2.21. The fourth-order valence-corrected chi connectivity index (χ4v) is 2.06. The first-order valence-corrected chi connectivity index (χ1v) is 6.59. The molecule has 106 valence electrons. The number of ether oxygens (including phenoxy) is 1. The molecule has 1 aromatic rings. The van der Waals surface area contributed by atoms with Crippen molar-refractivity contribution in [3.05, 3.63) is 29.3 Å². The van der Waals surface area contributed by atoms with Gasteiger partial charge < -0.3 is 15.4 Å². The molecule has 0 fully saturated rings. The average molecular weight is 264 g/mol. The standard InChI is InChI=1S/C15H24N2O2/c1-11(2)9-17(15(18)8-16)10-13-7-12(3)5-6-14(13)19-4/h5-7,11H,8-10,16H2,1-4H3. The summed E-state index contributed by atoms with van der Waals surface area (Å²) < 4.78 is 5.35. The fourth-order valence-electron chi connectivity index (χ4n) is 2.06. The van der Waals surface area contributed by atoms with Crippen molar-refractivity contribution < 1.29 is 9.53 Å². The van der Waals surface area contributed by atoms with E-state index in [1.54, 1.807) is 12.0 Å². The van der Waals surface area contributed by atoms with Gasteiger partial charge in [-0.15, -0.1) is 0 Å². The van der Waals surface area contributed by atoms with Crippen LogP contribution in [0, 0.1) is 12.8 Å². The molecule has 0 unspecified atom stereocenters. The molecule has 0 aliphatic carbocycles. The quantitative estimate of drug-likeness (QED) is 0.854. The Kier molecular flexibility index (Phi) is 5.83. The molecule has 4 nitrogen and oxygen atoms in total. The Labute approximate surface area is 115 Å². The molecule has 0 aliphatic heterocycles. The average Bonchev–Trinajstić information content (AvgIpc) is 2.36. The summed E-state index contributed by atoms with van der Waals surface area (Å²) in [5, 5.41) is 0. The van der Waals surface area contributed by atoms with E-state index in [0.29, 0.717) is 19.0 Å². The van der Waals surface area contributed by atoms with Crippen molar-refractivity contribution in [1.29, 1.82) is 0 Å². The summed E-state index contributed by atoms with van der Waals surface area (Å²) in [5.41, 5.74) is 7.65. The van der Waals surface area contributed by atoms with E-state index in [4.69, 9.17) is 10.5 Å². The van der Waals surface area contributed by atoms with Crippen LogP contribution < -0.4 is 10.5 Å². The van der Waals surface area contributed by atoms with E-state index in [-0.39, 0.29) is 12.5 Å². The molecule has 0 aliphatic rings. The maximum Gasteiger partial charge on any atom is 0.236 e. The minimum atomic E-state index is -0.0303. The molecule has 1 aromatic carbocycles. The van der Waals surface area contributed by atoms with Gasteiger partial charge in [0.15, 0.2) is 0 Å². The lowest BCUT2D eigenvalue weighted by Crippen LogP contribution is -2.38. The number of benzene rings is 1. The van der Waals surface area contributed by atoms with Crippen molar-refractivity contribution in [3.8, 4) is 5.75 Å². The van der Waals surface area contributed by atoms with Gasteiger partial charge in [0.05, 0.1) is 13.7 Å². The summed E-state index contributed by atoms with van der Waals surface area (Å²) in [4.78, 5) is 13.7. The molecule has 4 heteroatoms. The highest BCUT2D eigenvalue weighted by atomic mass is 16.5. The summed E-state index contributed by atoms with van der Waals surface area (Å²) in [6.07, 6.45) is 0. The highest BCUT2D eigenvalue weighted by Gasteiger charge is 2.16. The van der Waals surface area contributed by atoms with E-state index in [2.05, 4.69) is 19.9 Å². The number of nitrogens with zero attached hydrogens (tertiary/aromatic N) is 1. The van der Waals surface area contributed by atoms with Gasteiger partial charge in [0.25, 0.3) is 0 Å². The number of amides is 1. The Morgan fingerprint density at radius 2 is 2.11 bits per heavy atom. The van der Waals surface area contributed by atoms with Crippen LogP contribution >= 0.6 is 0 Å². The molecule has 0 spiro atoms. The lowest BCUT2D eigenvalue weighted by atomic mass is 10.1. The van der Waals surface area contributed by atoms with Gasteiger partial charge in [-0.1, -0.05) is 31.5 Å². The summed E-state index contributed by atoms with van der Waals surface area (Å²) in [7, 11) is 1.64. The van der Waals surface area contributed by atoms with Gasteiger partial charge in [0, 0.05) is 18.7 Å². The van der Waals surface area contributed by atoms with Crippen LogP contribution in [0.15, 0.2) is 18.2 Å². The van der Waals surface area contributed by atoms with Gasteiger partial charge in [0.1, 0.15) is 5.75 Å². The zero-order chi connectivity index (χ0) is 14.4. The predicted octanol–water partition coefficient (Wildman–Crippen LogP) is 1.95. The first-order chi connectivity index (χ1) is 8.97. The highest BCUT2D eigenvalue weighted by molar-refractivity contribution is 5.78. The molecule has 0 bridgehead atoms. The maximum absolute atomic E-state index is 11.9. The van der Waals surface area contributed by atoms with Crippen LogP contribution in [-0.2, 0) is 11.3 Å². The van der Waals surface area contributed by atoms with Gasteiger partial charge in [0.2, 0.25) is 5.91 Å². The molecule has 2 N–H and O–H groups in total. The summed E-state index contributed by atoms with van der Waals surface area (Å²) >= 11 is 0. The Hall–Kier alpha value is -1.55. The normalized spacial score (nSPS) is 10.6. The third-order valence-corrected chi connectivity index (χ3v) is 2.91. The molecule has 0 heterocycles. The van der Waals surface area contributed by atoms with Crippen molar-refractivity contribution in [2.45, 2.75) is 27.3 Å². The van der Waals surface area contributed by atoms with E-state index < -0.39 is 0 Å². The first kappa shape index (κ1) is 15.5. The number of hydrogen-bond acceptors (Lipinski definition) is 3. The predicted molar refractivity (Wildman–Crippen MR) is 77.0 cm³/mol. The monoisotopic (exact) mass is 264 g/mol. The van der Waals surface area contributed by atoms with Crippen molar-refractivity contribution in [2.75, 3.05) is 20.2 Å². The Morgan fingerprint density at radius 1 is 1.42 bits per heavy atom. The van der Waals surface area contributed by atoms with E-state index >= 15 is 0 Å². The van der Waals surface area contributed by atoms with Gasteiger partial charge in [-0.25, -0.2) is 0 Å². The second kappa shape index (κ2) is 7.14. The Balaban J connectivity index is 2.94. The van der Waals surface area contributed by atoms with Crippen molar-refractivity contribution in [1.82, 2.24) is 4.90 Å². The number of nitrogens with two attached hydrogens (primary N) is 1. The summed E-state index contributed by atoms with van der Waals surface area (Å²) in [6.45, 7) is 7.49. The minimum absolute atomic E-state index is 0.0303. The zero-order valence-electron chi connectivity index (χ0n) is 12.3. The van der Waals surface area contributed by atoms with Crippen LogP contribution in [0.25, 0.3) is 0 Å². The van der Waals surface area contributed by atoms with Crippen molar-refractivity contribution >= 4 is 5.91 Å². The first-order valence-electron chi connectivity index (χ1n) is 6.59. The van der Waals surface area contributed by atoms with Crippen molar-refractivity contribution in [3.63, 3.8) is 0 Å². The number of carbonyl (C=O) groups excluding carboxylic acids is 1. The van der Waals surface area contributed by atoms with Gasteiger partial charge in [-0.2, -0.15) is 0 Å². The van der Waals surface area contributed by atoms with Crippen LogP contribution in [0.3, 0.4) is 0 Å². The Morgan fingerprint density at radius 3 is 2.63 bits per heavy atom. The Bertz CT molecular complexity index is 430. The molecule has 0 saturated carbocycles. The molecule has 0 aromatic heterocycles. The van der Waals surface area contributed by atoms with Crippen LogP contribution in [0.4, 0.5) is 0 Å². The fraction of sp³-hybridized carbons (Fsp3) is 0.533. The van der Waals surface area contributed by atoms with Crippen LogP contribution in [0.2, 0.25) is 0 Å². The van der Waals surface area contributed by atoms with Crippen LogP contribution in [-0.4, -0.2) is 31.0 Å². The molecule has 0 saturated heterocycles. The zero-order valence-corrected chi connectivity index (χ0v) is 12.3. The topological polar surface area (TPSA) is 55.6 Å². The molecular formula is C15H24N2O2. The van der Waals surface area contributed by atoms with Crippen LogP contribution in [0.5, 0.6) is 5.75 Å². The second-order valence-corrected chi connectivity index (χ2v) is 5.19.